The van der Waals surface area contributed by atoms with Crippen LogP contribution >= 0.6 is 0 Å². The minimum absolute atomic E-state index is 0.0381. The fourth-order valence-electron chi connectivity index (χ4n) is 1.22. The van der Waals surface area contributed by atoms with E-state index in [0.29, 0.717) is 5.56 Å². The van der Waals surface area contributed by atoms with Gasteiger partial charge in [0.15, 0.2) is 0 Å². The van der Waals surface area contributed by atoms with Gasteiger partial charge in [-0.05, 0) is 12.5 Å². The molecule has 1 unspecified atom stereocenters. The normalized spacial score (nSPS) is 13.3. The Balaban J connectivity index is 2.99. The van der Waals surface area contributed by atoms with E-state index in [1.54, 1.807) is 24.3 Å². The van der Waals surface area contributed by atoms with Crippen LogP contribution in [0, 0.1) is 5.41 Å². The highest BCUT2D eigenvalue weighted by Gasteiger charge is 2.20. The fourth-order valence-corrected chi connectivity index (χ4v) is 2.01. The van der Waals surface area contributed by atoms with E-state index < -0.39 is 16.1 Å². The Morgan fingerprint density at radius 3 is 2.44 bits per heavy atom. The van der Waals surface area contributed by atoms with Crippen molar-refractivity contribution in [1.82, 2.24) is 4.72 Å². The Morgan fingerprint density at radius 2 is 2.00 bits per heavy atom. The third-order valence-electron chi connectivity index (χ3n) is 2.12. The van der Waals surface area contributed by atoms with E-state index >= 15 is 0 Å². The van der Waals surface area contributed by atoms with Gasteiger partial charge in [0.1, 0.15) is 11.9 Å². The topological polar surface area (TPSA) is 96.0 Å². The van der Waals surface area contributed by atoms with E-state index in [9.17, 15) is 8.42 Å². The van der Waals surface area contributed by atoms with Crippen LogP contribution in [0.15, 0.2) is 30.3 Å². The first-order valence-corrected chi connectivity index (χ1v) is 6.50. The Hall–Kier alpha value is -1.40. The second-order valence-corrected chi connectivity index (χ2v) is 5.36. The number of sulfonamides is 1. The number of nitrogens with two attached hydrogens (primary N) is 1. The largest absolute Gasteiger partial charge is 0.386 e. The standard InChI is InChI=1S/C10H15N3O2S/c1-2-16(14,15)13-9(10(11)12)8-6-4-3-5-7-8/h3-7,9,13H,2H2,1H3,(H3,11,12). The molecule has 0 radical (unpaired) electrons. The van der Waals surface area contributed by atoms with Gasteiger partial charge in [0, 0.05) is 0 Å². The van der Waals surface area contributed by atoms with Crippen molar-refractivity contribution in [2.45, 2.75) is 13.0 Å². The lowest BCUT2D eigenvalue weighted by Crippen LogP contribution is -2.37. The molecule has 0 saturated carbocycles. The van der Waals surface area contributed by atoms with Crippen LogP contribution in [0.1, 0.15) is 18.5 Å². The van der Waals surface area contributed by atoms with Gasteiger partial charge in [0.25, 0.3) is 0 Å². The monoisotopic (exact) mass is 241 g/mol. The Bertz CT molecular complexity index is 456. The average Bonchev–Trinajstić information content (AvgIpc) is 2.27. The van der Waals surface area contributed by atoms with Crippen molar-refractivity contribution < 1.29 is 8.42 Å². The lowest BCUT2D eigenvalue weighted by Gasteiger charge is -2.17. The predicted octanol–water partition coefficient (Wildman–Crippen LogP) is 0.603. The van der Waals surface area contributed by atoms with Crippen LogP contribution in [-0.4, -0.2) is 20.0 Å². The van der Waals surface area contributed by atoms with Crippen LogP contribution in [0.4, 0.5) is 0 Å². The van der Waals surface area contributed by atoms with Gasteiger partial charge in [-0.2, -0.15) is 0 Å². The summed E-state index contributed by atoms with van der Waals surface area (Å²) in [6.45, 7) is 1.53. The van der Waals surface area contributed by atoms with Crippen LogP contribution < -0.4 is 10.5 Å². The third kappa shape index (κ3) is 3.32. The summed E-state index contributed by atoms with van der Waals surface area (Å²) in [5.41, 5.74) is 6.05. The molecule has 0 bridgehead atoms. The summed E-state index contributed by atoms with van der Waals surface area (Å²) in [5.74, 6) is -0.257. The van der Waals surface area contributed by atoms with E-state index in [1.807, 2.05) is 6.07 Å². The summed E-state index contributed by atoms with van der Waals surface area (Å²) in [6, 6.07) is 8.02. The molecule has 1 atom stereocenters. The molecule has 1 rings (SSSR count). The summed E-state index contributed by atoms with van der Waals surface area (Å²) < 4.78 is 25.2. The maximum absolute atomic E-state index is 11.4. The fraction of sp³-hybridized carbons (Fsp3) is 0.300. The number of nitrogens with one attached hydrogen (secondary N) is 2. The third-order valence-corrected chi connectivity index (χ3v) is 3.48. The summed E-state index contributed by atoms with van der Waals surface area (Å²) in [5, 5.41) is 7.39. The van der Waals surface area contributed by atoms with E-state index in [1.165, 1.54) is 6.92 Å². The molecular weight excluding hydrogens is 226 g/mol. The number of benzene rings is 1. The van der Waals surface area contributed by atoms with Gasteiger partial charge in [-0.15, -0.1) is 0 Å². The van der Waals surface area contributed by atoms with Crippen molar-refractivity contribution in [3.05, 3.63) is 35.9 Å². The quantitative estimate of drug-likeness (QED) is 0.520. The second-order valence-electron chi connectivity index (χ2n) is 3.32. The molecule has 0 fully saturated rings. The van der Waals surface area contributed by atoms with Gasteiger partial charge in [0.05, 0.1) is 5.75 Å². The van der Waals surface area contributed by atoms with Crippen LogP contribution in [-0.2, 0) is 10.0 Å². The van der Waals surface area contributed by atoms with Gasteiger partial charge >= 0.3 is 0 Å². The number of amidine groups is 1. The molecule has 0 amide bonds. The lowest BCUT2D eigenvalue weighted by molar-refractivity contribution is 0.578. The Morgan fingerprint density at radius 1 is 1.44 bits per heavy atom. The maximum atomic E-state index is 11.4. The summed E-state index contributed by atoms with van der Waals surface area (Å²) >= 11 is 0. The minimum Gasteiger partial charge on any atom is -0.386 e. The highest BCUT2D eigenvalue weighted by atomic mass is 32.2. The maximum Gasteiger partial charge on any atom is 0.212 e. The van der Waals surface area contributed by atoms with Crippen molar-refractivity contribution in [3.8, 4) is 0 Å². The summed E-state index contributed by atoms with van der Waals surface area (Å²) in [4.78, 5) is 0. The molecule has 0 spiro atoms. The molecule has 0 aliphatic heterocycles. The molecule has 5 nitrogen and oxygen atoms in total. The number of hydrogen-bond acceptors (Lipinski definition) is 3. The van der Waals surface area contributed by atoms with Gasteiger partial charge < -0.3 is 5.73 Å². The molecule has 0 aliphatic carbocycles. The molecule has 4 N–H and O–H groups in total. The number of rotatable bonds is 5. The molecule has 0 saturated heterocycles. The Kier molecular flexibility index (Phi) is 4.03. The smallest absolute Gasteiger partial charge is 0.212 e. The zero-order valence-electron chi connectivity index (χ0n) is 8.97. The second kappa shape index (κ2) is 5.09. The van der Waals surface area contributed by atoms with E-state index in [2.05, 4.69) is 4.72 Å². The van der Waals surface area contributed by atoms with Crippen LogP contribution in [0.3, 0.4) is 0 Å². The zero-order valence-corrected chi connectivity index (χ0v) is 9.79. The molecule has 88 valence electrons. The van der Waals surface area contributed by atoms with Crippen molar-refractivity contribution in [3.63, 3.8) is 0 Å². The first kappa shape index (κ1) is 12.7. The van der Waals surface area contributed by atoms with E-state index in [-0.39, 0.29) is 11.6 Å². The van der Waals surface area contributed by atoms with Crippen LogP contribution in [0.2, 0.25) is 0 Å². The highest BCUT2D eigenvalue weighted by molar-refractivity contribution is 7.89. The van der Waals surface area contributed by atoms with Crippen molar-refractivity contribution in [2.75, 3.05) is 5.75 Å². The van der Waals surface area contributed by atoms with E-state index in [0.717, 1.165) is 0 Å². The molecule has 0 aliphatic rings. The SMILES string of the molecule is CCS(=O)(=O)NC(C(=N)N)c1ccccc1. The first-order chi connectivity index (χ1) is 7.46. The Labute approximate surface area is 95.2 Å². The molecular formula is C10H15N3O2S. The van der Waals surface area contributed by atoms with Crippen LogP contribution in [0.5, 0.6) is 0 Å². The molecule has 16 heavy (non-hydrogen) atoms. The highest BCUT2D eigenvalue weighted by Crippen LogP contribution is 2.13. The molecule has 1 aromatic carbocycles. The van der Waals surface area contributed by atoms with Crippen LogP contribution in [0.25, 0.3) is 0 Å². The van der Waals surface area contributed by atoms with Gasteiger partial charge in [0.2, 0.25) is 10.0 Å². The first-order valence-electron chi connectivity index (χ1n) is 4.85. The summed E-state index contributed by atoms with van der Waals surface area (Å²) in [7, 11) is -3.38. The molecule has 0 heterocycles. The van der Waals surface area contributed by atoms with Gasteiger partial charge in [-0.1, -0.05) is 30.3 Å². The van der Waals surface area contributed by atoms with Crippen molar-refractivity contribution >= 4 is 15.9 Å². The zero-order chi connectivity index (χ0) is 12.2. The predicted molar refractivity (Wildman–Crippen MR) is 63.7 cm³/mol. The van der Waals surface area contributed by atoms with E-state index in [4.69, 9.17) is 11.1 Å². The molecule has 6 heteroatoms. The average molecular weight is 241 g/mol. The van der Waals surface area contributed by atoms with Gasteiger partial charge in [-0.25, -0.2) is 13.1 Å². The summed E-state index contributed by atoms with van der Waals surface area (Å²) in [6.07, 6.45) is 0. The minimum atomic E-state index is -3.38. The number of hydrogen-bond donors (Lipinski definition) is 3. The lowest BCUT2D eigenvalue weighted by atomic mass is 10.1. The van der Waals surface area contributed by atoms with Crippen molar-refractivity contribution in [1.29, 1.82) is 5.41 Å². The molecule has 0 aromatic heterocycles. The molecule has 1 aromatic rings. The van der Waals surface area contributed by atoms with Crippen molar-refractivity contribution in [2.24, 2.45) is 5.73 Å². The van der Waals surface area contributed by atoms with Gasteiger partial charge in [-0.3, -0.25) is 5.41 Å².